The first-order chi connectivity index (χ1) is 12.1. The fraction of sp³-hybridized carbons (Fsp3) is 0.263. The number of pyridine rings is 1. The molecule has 2 heterocycles. The lowest BCUT2D eigenvalue weighted by Crippen LogP contribution is -2.29. The summed E-state index contributed by atoms with van der Waals surface area (Å²) in [6, 6.07) is 7.86. The number of nitrogens with zero attached hydrogens (tertiary/aromatic N) is 2. The van der Waals surface area contributed by atoms with Crippen molar-refractivity contribution in [3.8, 4) is 0 Å². The average Bonchev–Trinajstić information content (AvgIpc) is 2.62. The highest BCUT2D eigenvalue weighted by molar-refractivity contribution is 5.96. The van der Waals surface area contributed by atoms with Crippen LogP contribution in [0.1, 0.15) is 40.7 Å². The molecule has 0 aliphatic carbocycles. The second kappa shape index (κ2) is 7.25. The fourth-order valence-corrected chi connectivity index (χ4v) is 2.54. The van der Waals surface area contributed by atoms with Gasteiger partial charge >= 0.3 is 0 Å². The van der Waals surface area contributed by atoms with E-state index in [-0.39, 0.29) is 16.5 Å². The molecule has 128 valence electrons. The number of fused-ring (bicyclic) bond motifs is 1. The van der Waals surface area contributed by atoms with Crippen LogP contribution in [0, 0.1) is 6.92 Å². The van der Waals surface area contributed by atoms with Gasteiger partial charge in [-0.15, -0.1) is 0 Å². The molecule has 0 atom stereocenters. The van der Waals surface area contributed by atoms with Crippen molar-refractivity contribution in [3.63, 3.8) is 0 Å². The number of aromatic nitrogens is 3. The molecule has 0 saturated heterocycles. The van der Waals surface area contributed by atoms with Gasteiger partial charge < -0.3 is 10.3 Å². The van der Waals surface area contributed by atoms with Crippen LogP contribution in [0.15, 0.2) is 41.5 Å². The van der Waals surface area contributed by atoms with Gasteiger partial charge in [0, 0.05) is 19.2 Å². The molecule has 2 aromatic heterocycles. The van der Waals surface area contributed by atoms with Crippen molar-refractivity contribution in [1.29, 1.82) is 0 Å². The molecule has 1 amide bonds. The normalized spacial score (nSPS) is 10.8. The van der Waals surface area contributed by atoms with Crippen LogP contribution in [0.2, 0.25) is 0 Å². The minimum absolute atomic E-state index is 0.0563. The van der Waals surface area contributed by atoms with Crippen molar-refractivity contribution in [2.45, 2.75) is 33.2 Å². The van der Waals surface area contributed by atoms with Gasteiger partial charge in [-0.3, -0.25) is 9.59 Å². The molecule has 0 aliphatic heterocycles. The van der Waals surface area contributed by atoms with Gasteiger partial charge in [-0.25, -0.2) is 9.97 Å². The Hall–Kier alpha value is -3.02. The Kier molecular flexibility index (Phi) is 4.88. The molecular formula is C19H20N4O2. The molecule has 0 radical (unpaired) electrons. The van der Waals surface area contributed by atoms with E-state index in [1.165, 1.54) is 6.20 Å². The Morgan fingerprint density at radius 2 is 2.00 bits per heavy atom. The molecule has 25 heavy (non-hydrogen) atoms. The van der Waals surface area contributed by atoms with Crippen LogP contribution in [-0.2, 0) is 13.0 Å². The van der Waals surface area contributed by atoms with Crippen LogP contribution in [0.4, 0.5) is 0 Å². The van der Waals surface area contributed by atoms with Gasteiger partial charge in [0.25, 0.3) is 5.91 Å². The van der Waals surface area contributed by atoms with Crippen molar-refractivity contribution in [2.24, 2.45) is 0 Å². The van der Waals surface area contributed by atoms with Gasteiger partial charge in [0.2, 0.25) is 5.43 Å². The molecule has 0 unspecified atom stereocenters. The van der Waals surface area contributed by atoms with E-state index in [1.807, 2.05) is 38.1 Å². The summed E-state index contributed by atoms with van der Waals surface area (Å²) in [4.78, 5) is 36.4. The lowest BCUT2D eigenvalue weighted by molar-refractivity contribution is 0.0949. The SMILES string of the molecule is CCCc1ncc2[nH]cc(C(=O)NCc3ccc(C)cc3)c(=O)c2n1. The zero-order chi connectivity index (χ0) is 17.8. The first-order valence-electron chi connectivity index (χ1n) is 8.29. The third kappa shape index (κ3) is 3.74. The summed E-state index contributed by atoms with van der Waals surface area (Å²) in [5, 5.41) is 2.78. The standard InChI is InChI=1S/C19H20N4O2/c1-3-4-16-21-11-15-17(23-16)18(24)14(10-20-15)19(25)22-9-13-7-5-12(2)6-8-13/h5-8,10-11H,3-4,9H2,1-2H3,(H,20,24)(H,22,25). The molecule has 6 heteroatoms. The molecule has 0 bridgehead atoms. The lowest BCUT2D eigenvalue weighted by atomic mass is 10.1. The highest BCUT2D eigenvalue weighted by Gasteiger charge is 2.14. The van der Waals surface area contributed by atoms with E-state index in [1.54, 1.807) is 6.20 Å². The summed E-state index contributed by atoms with van der Waals surface area (Å²) in [5.41, 5.74) is 2.59. The van der Waals surface area contributed by atoms with Gasteiger partial charge in [-0.05, 0) is 18.9 Å². The molecule has 2 N–H and O–H groups in total. The van der Waals surface area contributed by atoms with Gasteiger partial charge in [0.1, 0.15) is 16.9 Å². The van der Waals surface area contributed by atoms with Crippen LogP contribution in [0.5, 0.6) is 0 Å². The summed E-state index contributed by atoms with van der Waals surface area (Å²) in [5.74, 6) is 0.192. The number of nitrogens with one attached hydrogen (secondary N) is 2. The predicted octanol–water partition coefficient (Wildman–Crippen LogP) is 2.51. The predicted molar refractivity (Wildman–Crippen MR) is 96.5 cm³/mol. The Morgan fingerprint density at radius 3 is 2.72 bits per heavy atom. The second-order valence-electron chi connectivity index (χ2n) is 6.00. The molecule has 3 rings (SSSR count). The first-order valence-corrected chi connectivity index (χ1v) is 8.29. The second-order valence-corrected chi connectivity index (χ2v) is 6.00. The number of hydrogen-bond donors (Lipinski definition) is 2. The smallest absolute Gasteiger partial charge is 0.257 e. The Balaban J connectivity index is 1.84. The molecule has 0 aliphatic rings. The minimum Gasteiger partial charge on any atom is -0.358 e. The van der Waals surface area contributed by atoms with E-state index in [0.29, 0.717) is 24.3 Å². The Labute approximate surface area is 145 Å². The molecule has 0 saturated carbocycles. The number of aromatic amines is 1. The quantitative estimate of drug-likeness (QED) is 0.749. The van der Waals surface area contributed by atoms with Crippen molar-refractivity contribution < 1.29 is 4.79 Å². The monoisotopic (exact) mass is 336 g/mol. The topological polar surface area (TPSA) is 87.7 Å². The summed E-state index contributed by atoms with van der Waals surface area (Å²) in [6.07, 6.45) is 4.58. The van der Waals surface area contributed by atoms with Gasteiger partial charge in [0.15, 0.2) is 0 Å². The molecule has 6 nitrogen and oxygen atoms in total. The highest BCUT2D eigenvalue weighted by Crippen LogP contribution is 2.07. The number of aryl methyl sites for hydroxylation is 2. The van der Waals surface area contributed by atoms with E-state index < -0.39 is 5.91 Å². The largest absolute Gasteiger partial charge is 0.358 e. The van der Waals surface area contributed by atoms with Gasteiger partial charge in [-0.1, -0.05) is 36.8 Å². The number of rotatable bonds is 5. The maximum absolute atomic E-state index is 12.6. The Morgan fingerprint density at radius 1 is 1.24 bits per heavy atom. The highest BCUT2D eigenvalue weighted by atomic mass is 16.2. The van der Waals surface area contributed by atoms with Crippen molar-refractivity contribution in [2.75, 3.05) is 0 Å². The van der Waals surface area contributed by atoms with E-state index in [2.05, 4.69) is 20.3 Å². The van der Waals surface area contributed by atoms with E-state index in [0.717, 1.165) is 17.5 Å². The molecule has 0 spiro atoms. The average molecular weight is 336 g/mol. The summed E-state index contributed by atoms with van der Waals surface area (Å²) < 4.78 is 0. The first kappa shape index (κ1) is 16.8. The number of amides is 1. The van der Waals surface area contributed by atoms with Crippen LogP contribution in [0.25, 0.3) is 11.0 Å². The third-order valence-corrected chi connectivity index (χ3v) is 3.96. The Bertz CT molecular complexity index is 961. The zero-order valence-electron chi connectivity index (χ0n) is 14.3. The number of benzene rings is 1. The molecule has 3 aromatic rings. The molecule has 0 fully saturated rings. The number of carbonyl (C=O) groups is 1. The minimum atomic E-state index is -0.417. The molecule has 1 aromatic carbocycles. The fourth-order valence-electron chi connectivity index (χ4n) is 2.54. The maximum atomic E-state index is 12.6. The summed E-state index contributed by atoms with van der Waals surface area (Å²) >= 11 is 0. The summed E-state index contributed by atoms with van der Waals surface area (Å²) in [6.45, 7) is 4.39. The third-order valence-electron chi connectivity index (χ3n) is 3.96. The number of hydrogen-bond acceptors (Lipinski definition) is 4. The van der Waals surface area contributed by atoms with Crippen molar-refractivity contribution in [3.05, 3.63) is 69.4 Å². The number of carbonyl (C=O) groups excluding carboxylic acids is 1. The lowest BCUT2D eigenvalue weighted by Gasteiger charge is -2.07. The van der Waals surface area contributed by atoms with Crippen molar-refractivity contribution >= 4 is 16.9 Å². The summed E-state index contributed by atoms with van der Waals surface area (Å²) in [7, 11) is 0. The molecular weight excluding hydrogens is 316 g/mol. The van der Waals surface area contributed by atoms with Crippen LogP contribution < -0.4 is 10.7 Å². The van der Waals surface area contributed by atoms with Crippen LogP contribution in [0.3, 0.4) is 0 Å². The van der Waals surface area contributed by atoms with E-state index in [4.69, 9.17) is 0 Å². The van der Waals surface area contributed by atoms with E-state index >= 15 is 0 Å². The van der Waals surface area contributed by atoms with Gasteiger partial charge in [0.05, 0.1) is 11.7 Å². The van der Waals surface area contributed by atoms with Crippen LogP contribution in [-0.4, -0.2) is 20.9 Å². The van der Waals surface area contributed by atoms with E-state index in [9.17, 15) is 9.59 Å². The van der Waals surface area contributed by atoms with Crippen molar-refractivity contribution in [1.82, 2.24) is 20.3 Å². The number of H-pyrrole nitrogens is 1. The zero-order valence-corrected chi connectivity index (χ0v) is 14.3. The van der Waals surface area contributed by atoms with Crippen LogP contribution >= 0.6 is 0 Å². The van der Waals surface area contributed by atoms with Gasteiger partial charge in [-0.2, -0.15) is 0 Å². The maximum Gasteiger partial charge on any atom is 0.257 e.